The van der Waals surface area contributed by atoms with Crippen molar-refractivity contribution in [1.29, 1.82) is 5.26 Å². The minimum atomic E-state index is -1.30. The van der Waals surface area contributed by atoms with Crippen LogP contribution in [0.3, 0.4) is 0 Å². The van der Waals surface area contributed by atoms with Crippen molar-refractivity contribution in [2.45, 2.75) is 12.2 Å². The summed E-state index contributed by atoms with van der Waals surface area (Å²) in [6.07, 6.45) is -2.42. The third kappa shape index (κ3) is 2.48. The molecule has 3 nitrogen and oxygen atoms in total. The summed E-state index contributed by atoms with van der Waals surface area (Å²) in [4.78, 5) is 0. The van der Waals surface area contributed by atoms with Crippen LogP contribution < -0.4 is 0 Å². The molecule has 0 amide bonds. The molecule has 1 aromatic carbocycles. The SMILES string of the molecule is N#Cc1c(F)cccc1C(O)C(O)CS. The van der Waals surface area contributed by atoms with Gasteiger partial charge in [0, 0.05) is 11.3 Å². The molecule has 2 unspecified atom stereocenters. The van der Waals surface area contributed by atoms with Crippen molar-refractivity contribution in [2.24, 2.45) is 0 Å². The Labute approximate surface area is 92.2 Å². The maximum Gasteiger partial charge on any atom is 0.141 e. The van der Waals surface area contributed by atoms with E-state index in [-0.39, 0.29) is 16.9 Å². The zero-order valence-electron chi connectivity index (χ0n) is 7.76. The average molecular weight is 227 g/mol. The largest absolute Gasteiger partial charge is 0.389 e. The fraction of sp³-hybridized carbons (Fsp3) is 0.300. The van der Waals surface area contributed by atoms with E-state index in [9.17, 15) is 14.6 Å². The van der Waals surface area contributed by atoms with E-state index in [2.05, 4.69) is 12.6 Å². The maximum absolute atomic E-state index is 13.1. The van der Waals surface area contributed by atoms with Crippen LogP contribution in [0.5, 0.6) is 0 Å². The van der Waals surface area contributed by atoms with Crippen LogP contribution in [0.15, 0.2) is 18.2 Å². The van der Waals surface area contributed by atoms with Crippen LogP contribution in [-0.4, -0.2) is 22.1 Å². The second kappa shape index (κ2) is 5.12. The normalized spacial score (nSPS) is 14.3. The van der Waals surface area contributed by atoms with Gasteiger partial charge in [-0.1, -0.05) is 12.1 Å². The molecule has 2 N–H and O–H groups in total. The van der Waals surface area contributed by atoms with Gasteiger partial charge in [0.15, 0.2) is 0 Å². The lowest BCUT2D eigenvalue weighted by atomic mass is 9.99. The lowest BCUT2D eigenvalue weighted by Gasteiger charge is -2.17. The zero-order chi connectivity index (χ0) is 11.4. The summed E-state index contributed by atoms with van der Waals surface area (Å²) in [5.74, 6) is -0.678. The number of aliphatic hydroxyl groups is 2. The molecule has 5 heteroatoms. The van der Waals surface area contributed by atoms with E-state index in [1.165, 1.54) is 12.1 Å². The second-order valence-electron chi connectivity index (χ2n) is 3.01. The molecule has 0 saturated carbocycles. The number of aliphatic hydroxyl groups excluding tert-OH is 2. The number of hydrogen-bond donors (Lipinski definition) is 3. The highest BCUT2D eigenvalue weighted by Gasteiger charge is 2.21. The highest BCUT2D eigenvalue weighted by molar-refractivity contribution is 7.80. The Morgan fingerprint density at radius 2 is 2.13 bits per heavy atom. The van der Waals surface area contributed by atoms with Gasteiger partial charge < -0.3 is 10.2 Å². The van der Waals surface area contributed by atoms with Crippen LogP contribution in [0.2, 0.25) is 0 Å². The summed E-state index contributed by atoms with van der Waals surface area (Å²) >= 11 is 3.81. The van der Waals surface area contributed by atoms with Crippen LogP contribution in [-0.2, 0) is 0 Å². The van der Waals surface area contributed by atoms with Gasteiger partial charge in [0.2, 0.25) is 0 Å². The molecule has 0 radical (unpaired) electrons. The monoisotopic (exact) mass is 227 g/mol. The van der Waals surface area contributed by atoms with E-state index >= 15 is 0 Å². The van der Waals surface area contributed by atoms with Crippen LogP contribution in [0, 0.1) is 17.1 Å². The number of rotatable bonds is 3. The van der Waals surface area contributed by atoms with E-state index in [0.717, 1.165) is 6.07 Å². The van der Waals surface area contributed by atoms with Crippen LogP contribution in [0.25, 0.3) is 0 Å². The van der Waals surface area contributed by atoms with Gasteiger partial charge in [-0.15, -0.1) is 0 Å². The summed E-state index contributed by atoms with van der Waals surface area (Å²) < 4.78 is 13.1. The molecule has 0 aliphatic carbocycles. The smallest absolute Gasteiger partial charge is 0.141 e. The molecule has 0 fully saturated rings. The van der Waals surface area contributed by atoms with Crippen molar-refractivity contribution in [3.05, 3.63) is 35.1 Å². The summed E-state index contributed by atoms with van der Waals surface area (Å²) in [6.45, 7) is 0. The molecule has 1 aromatic rings. The number of nitrogens with zero attached hydrogens (tertiary/aromatic N) is 1. The summed E-state index contributed by atoms with van der Waals surface area (Å²) in [5, 5.41) is 27.6. The first kappa shape index (κ1) is 12.0. The molecule has 0 aromatic heterocycles. The molecule has 0 saturated heterocycles. The Morgan fingerprint density at radius 1 is 1.47 bits per heavy atom. The number of hydrogen-bond acceptors (Lipinski definition) is 4. The molecular weight excluding hydrogens is 217 g/mol. The Hall–Kier alpha value is -1.09. The number of thiol groups is 1. The van der Waals surface area contributed by atoms with Crippen molar-refractivity contribution in [3.8, 4) is 6.07 Å². The van der Waals surface area contributed by atoms with Gasteiger partial charge >= 0.3 is 0 Å². The van der Waals surface area contributed by atoms with E-state index in [1.54, 1.807) is 6.07 Å². The Kier molecular flexibility index (Phi) is 4.09. The maximum atomic E-state index is 13.1. The van der Waals surface area contributed by atoms with Crippen LogP contribution in [0.1, 0.15) is 17.2 Å². The van der Waals surface area contributed by atoms with Gasteiger partial charge in [0.25, 0.3) is 0 Å². The average Bonchev–Trinajstić information content (AvgIpc) is 2.26. The van der Waals surface area contributed by atoms with Crippen molar-refractivity contribution < 1.29 is 14.6 Å². The Balaban J connectivity index is 3.15. The summed E-state index contributed by atoms with van der Waals surface area (Å²) in [7, 11) is 0. The van der Waals surface area contributed by atoms with Gasteiger partial charge in [-0.3, -0.25) is 0 Å². The lowest BCUT2D eigenvalue weighted by Crippen LogP contribution is -2.21. The molecule has 15 heavy (non-hydrogen) atoms. The predicted octanol–water partition coefficient (Wildman–Crippen LogP) is 1.02. The van der Waals surface area contributed by atoms with E-state index in [1.807, 2.05) is 0 Å². The fourth-order valence-corrected chi connectivity index (χ4v) is 1.41. The van der Waals surface area contributed by atoms with E-state index in [4.69, 9.17) is 5.26 Å². The topological polar surface area (TPSA) is 64.2 Å². The highest BCUT2D eigenvalue weighted by Crippen LogP contribution is 2.23. The van der Waals surface area contributed by atoms with E-state index in [0.29, 0.717) is 0 Å². The third-order valence-corrected chi connectivity index (χ3v) is 2.40. The number of halogens is 1. The molecular formula is C10H10FNO2S. The molecule has 0 aliphatic heterocycles. The Morgan fingerprint density at radius 3 is 2.67 bits per heavy atom. The second-order valence-corrected chi connectivity index (χ2v) is 3.38. The molecule has 0 aliphatic rings. The van der Waals surface area contributed by atoms with Crippen molar-refractivity contribution in [1.82, 2.24) is 0 Å². The first-order valence-electron chi connectivity index (χ1n) is 4.27. The quantitative estimate of drug-likeness (QED) is 0.675. The first-order chi connectivity index (χ1) is 7.11. The zero-order valence-corrected chi connectivity index (χ0v) is 8.66. The van der Waals surface area contributed by atoms with Gasteiger partial charge in [-0.25, -0.2) is 4.39 Å². The minimum absolute atomic E-state index is 0.0303. The standard InChI is InChI=1S/C10H10FNO2S/c11-8-3-1-2-6(7(8)4-12)10(14)9(13)5-15/h1-3,9-10,13-15H,5H2. The molecule has 0 spiro atoms. The van der Waals surface area contributed by atoms with Gasteiger partial charge in [-0.2, -0.15) is 17.9 Å². The molecule has 0 bridgehead atoms. The molecule has 2 atom stereocenters. The minimum Gasteiger partial charge on any atom is -0.389 e. The molecule has 1 rings (SSSR count). The van der Waals surface area contributed by atoms with Crippen LogP contribution in [0.4, 0.5) is 4.39 Å². The first-order valence-corrected chi connectivity index (χ1v) is 4.90. The number of benzene rings is 1. The van der Waals surface area contributed by atoms with Gasteiger partial charge in [0.1, 0.15) is 18.0 Å². The van der Waals surface area contributed by atoms with E-state index < -0.39 is 18.0 Å². The molecule has 80 valence electrons. The number of nitriles is 1. The summed E-state index contributed by atoms with van der Waals surface area (Å²) in [6, 6.07) is 5.56. The predicted molar refractivity (Wildman–Crippen MR) is 55.9 cm³/mol. The highest BCUT2D eigenvalue weighted by atomic mass is 32.1. The molecule has 0 heterocycles. The van der Waals surface area contributed by atoms with Crippen molar-refractivity contribution >= 4 is 12.6 Å². The summed E-state index contributed by atoms with van der Waals surface area (Å²) in [5.41, 5.74) is -0.162. The van der Waals surface area contributed by atoms with Gasteiger partial charge in [0.05, 0.1) is 11.7 Å². The fourth-order valence-electron chi connectivity index (χ4n) is 1.21. The Bertz CT molecular complexity index is 391. The van der Waals surface area contributed by atoms with Crippen molar-refractivity contribution in [2.75, 3.05) is 5.75 Å². The van der Waals surface area contributed by atoms with Crippen molar-refractivity contribution in [3.63, 3.8) is 0 Å². The lowest BCUT2D eigenvalue weighted by molar-refractivity contribution is 0.0334. The van der Waals surface area contributed by atoms with Crippen LogP contribution >= 0.6 is 12.6 Å². The third-order valence-electron chi connectivity index (χ3n) is 2.03. The van der Waals surface area contributed by atoms with Gasteiger partial charge in [-0.05, 0) is 6.07 Å².